The molecule has 1 saturated heterocycles. The summed E-state index contributed by atoms with van der Waals surface area (Å²) in [5.74, 6) is -0.0897. The number of hydrogen-bond donors (Lipinski definition) is 1. The minimum Gasteiger partial charge on any atom is -0.497 e. The molecule has 2 heterocycles. The highest BCUT2D eigenvalue weighted by atomic mass is 19.4. The van der Waals surface area contributed by atoms with Gasteiger partial charge in [0.15, 0.2) is 0 Å². The van der Waals surface area contributed by atoms with Crippen molar-refractivity contribution in [3.05, 3.63) is 108 Å². The Bertz CT molecular complexity index is 1550. The zero-order valence-electron chi connectivity index (χ0n) is 21.2. The van der Waals surface area contributed by atoms with Crippen LogP contribution in [0.4, 0.5) is 13.2 Å². The second kappa shape index (κ2) is 10.3. The van der Waals surface area contributed by atoms with Crippen molar-refractivity contribution in [2.45, 2.75) is 18.8 Å². The van der Waals surface area contributed by atoms with Crippen molar-refractivity contribution in [3.63, 3.8) is 0 Å². The molecular weight excluding hydrogens is 507 g/mol. The molecule has 1 aliphatic heterocycles. The van der Waals surface area contributed by atoms with Crippen molar-refractivity contribution in [2.24, 2.45) is 0 Å². The molecule has 5 rings (SSSR count). The number of benzene rings is 3. The summed E-state index contributed by atoms with van der Waals surface area (Å²) in [6.07, 6.45) is -4.50. The quantitative estimate of drug-likeness (QED) is 0.343. The van der Waals surface area contributed by atoms with Gasteiger partial charge in [0.1, 0.15) is 18.0 Å². The fourth-order valence-electron chi connectivity index (χ4n) is 4.86. The summed E-state index contributed by atoms with van der Waals surface area (Å²) in [6, 6.07) is 20.6. The van der Waals surface area contributed by atoms with Gasteiger partial charge in [0.2, 0.25) is 5.91 Å². The van der Waals surface area contributed by atoms with Gasteiger partial charge in [-0.15, -0.1) is 0 Å². The molecule has 1 atom stereocenters. The van der Waals surface area contributed by atoms with E-state index in [4.69, 9.17) is 4.74 Å². The molecule has 0 unspecified atom stereocenters. The van der Waals surface area contributed by atoms with E-state index in [1.165, 1.54) is 15.9 Å². The van der Waals surface area contributed by atoms with Crippen molar-refractivity contribution in [1.29, 1.82) is 0 Å². The number of halogens is 3. The van der Waals surface area contributed by atoms with Gasteiger partial charge in [0.25, 0.3) is 5.91 Å². The average molecular weight is 534 g/mol. The Morgan fingerprint density at radius 2 is 1.82 bits per heavy atom. The largest absolute Gasteiger partial charge is 0.497 e. The van der Waals surface area contributed by atoms with Crippen LogP contribution in [-0.2, 0) is 17.5 Å². The number of nitrogens with one attached hydrogen (secondary N) is 1. The van der Waals surface area contributed by atoms with Crippen molar-refractivity contribution in [1.82, 2.24) is 14.8 Å². The molecule has 9 heteroatoms. The van der Waals surface area contributed by atoms with Crippen molar-refractivity contribution in [2.75, 3.05) is 20.2 Å². The van der Waals surface area contributed by atoms with Crippen LogP contribution in [0, 0.1) is 0 Å². The molecule has 2 amide bonds. The molecule has 6 nitrogen and oxygen atoms in total. The number of carbonyl (C=O) groups excluding carboxylic acids is 2. The number of methoxy groups -OCH3 is 1. The van der Waals surface area contributed by atoms with E-state index in [0.29, 0.717) is 22.6 Å². The Kier molecular flexibility index (Phi) is 6.91. The van der Waals surface area contributed by atoms with E-state index in [1.807, 2.05) is 36.4 Å². The van der Waals surface area contributed by atoms with Gasteiger partial charge >= 0.3 is 6.18 Å². The molecule has 0 radical (unpaired) electrons. The van der Waals surface area contributed by atoms with Gasteiger partial charge in [0, 0.05) is 24.0 Å². The zero-order valence-corrected chi connectivity index (χ0v) is 21.2. The summed E-state index contributed by atoms with van der Waals surface area (Å²) in [5.41, 5.74) is 2.00. The molecule has 3 aromatic carbocycles. The fraction of sp³-hybridized carbons (Fsp3) is 0.200. The third kappa shape index (κ3) is 5.38. The lowest BCUT2D eigenvalue weighted by Gasteiger charge is -2.42. The van der Waals surface area contributed by atoms with Crippen LogP contribution in [0.15, 0.2) is 85.4 Å². The number of amides is 2. The van der Waals surface area contributed by atoms with E-state index in [0.717, 1.165) is 28.6 Å². The first kappa shape index (κ1) is 26.1. The molecule has 200 valence electrons. The minimum absolute atomic E-state index is 0.0481. The first-order valence-electron chi connectivity index (χ1n) is 12.3. The molecule has 4 aromatic rings. The molecule has 39 heavy (non-hydrogen) atoms. The Balaban J connectivity index is 1.45. The summed E-state index contributed by atoms with van der Waals surface area (Å²) < 4.78 is 45.2. The van der Waals surface area contributed by atoms with Gasteiger partial charge in [-0.3, -0.25) is 9.59 Å². The Morgan fingerprint density at radius 1 is 1.05 bits per heavy atom. The normalized spacial score (nSPS) is 16.0. The summed E-state index contributed by atoms with van der Waals surface area (Å²) in [6.45, 7) is 4.09. The minimum atomic E-state index is -4.50. The number of nitrogens with zero attached hydrogens (tertiary/aromatic N) is 2. The summed E-state index contributed by atoms with van der Waals surface area (Å²) in [5, 5.41) is 0.789. The lowest BCUT2D eigenvalue weighted by Crippen LogP contribution is -2.57. The Morgan fingerprint density at radius 3 is 2.54 bits per heavy atom. The SMILES string of the molecule is C=C(c1ccccc1)[C@H]1CN(C(=O)c2cc3cc(OC)ccc3[nH]2)CC(=O)N1Cc1cccc(C(F)(F)F)c1. The van der Waals surface area contributed by atoms with E-state index in [9.17, 15) is 22.8 Å². The zero-order chi connectivity index (χ0) is 27.7. The number of alkyl halides is 3. The Hall–Kier alpha value is -4.53. The van der Waals surface area contributed by atoms with Crippen LogP contribution in [0.5, 0.6) is 5.75 Å². The molecule has 0 aliphatic carbocycles. The molecule has 0 spiro atoms. The first-order chi connectivity index (χ1) is 18.6. The third-order valence-electron chi connectivity index (χ3n) is 6.92. The second-order valence-electron chi connectivity index (χ2n) is 9.45. The number of aromatic amines is 1. The van der Waals surface area contributed by atoms with Crippen LogP contribution in [0.25, 0.3) is 16.5 Å². The van der Waals surface area contributed by atoms with E-state index in [2.05, 4.69) is 11.6 Å². The van der Waals surface area contributed by atoms with Gasteiger partial charge in [-0.05, 0) is 53.1 Å². The highest BCUT2D eigenvalue weighted by molar-refractivity contribution is 6.00. The van der Waals surface area contributed by atoms with Crippen molar-refractivity contribution >= 4 is 28.3 Å². The fourth-order valence-corrected chi connectivity index (χ4v) is 4.86. The highest BCUT2D eigenvalue weighted by Crippen LogP contribution is 2.32. The topological polar surface area (TPSA) is 65.6 Å². The van der Waals surface area contributed by atoms with Crippen molar-refractivity contribution < 1.29 is 27.5 Å². The number of ether oxygens (including phenoxy) is 1. The number of piperazine rings is 1. The van der Waals surface area contributed by atoms with Crippen LogP contribution < -0.4 is 4.74 Å². The van der Waals surface area contributed by atoms with Gasteiger partial charge in [-0.1, -0.05) is 49.0 Å². The van der Waals surface area contributed by atoms with Crippen molar-refractivity contribution in [3.8, 4) is 5.75 Å². The summed E-state index contributed by atoms with van der Waals surface area (Å²) >= 11 is 0. The average Bonchev–Trinajstić information content (AvgIpc) is 3.37. The molecule has 1 fully saturated rings. The van der Waals surface area contributed by atoms with Gasteiger partial charge in [-0.2, -0.15) is 13.2 Å². The molecule has 0 saturated carbocycles. The monoisotopic (exact) mass is 533 g/mol. The smallest absolute Gasteiger partial charge is 0.416 e. The predicted molar refractivity (Wildman–Crippen MR) is 142 cm³/mol. The second-order valence-corrected chi connectivity index (χ2v) is 9.45. The molecular formula is C30H26F3N3O3. The maximum atomic E-state index is 13.5. The van der Waals surface area contributed by atoms with Gasteiger partial charge < -0.3 is 19.5 Å². The number of fused-ring (bicyclic) bond motifs is 1. The maximum Gasteiger partial charge on any atom is 0.416 e. The number of carbonyl (C=O) groups is 2. The molecule has 1 N–H and O–H groups in total. The summed E-state index contributed by atoms with van der Waals surface area (Å²) in [7, 11) is 1.56. The maximum absolute atomic E-state index is 13.5. The van der Waals surface area contributed by atoms with Crippen LogP contribution in [0.2, 0.25) is 0 Å². The predicted octanol–water partition coefficient (Wildman–Crippen LogP) is 5.76. The van der Waals surface area contributed by atoms with Crippen LogP contribution in [0.1, 0.15) is 27.2 Å². The number of rotatable bonds is 6. The number of hydrogen-bond acceptors (Lipinski definition) is 3. The van der Waals surface area contributed by atoms with E-state index < -0.39 is 17.8 Å². The van der Waals surface area contributed by atoms with Gasteiger partial charge in [0.05, 0.1) is 18.7 Å². The van der Waals surface area contributed by atoms with E-state index in [-0.39, 0.29) is 31.4 Å². The van der Waals surface area contributed by atoms with Crippen LogP contribution in [0.3, 0.4) is 0 Å². The number of aromatic nitrogens is 1. The lowest BCUT2D eigenvalue weighted by molar-refractivity contribution is -0.137. The van der Waals surface area contributed by atoms with E-state index >= 15 is 0 Å². The highest BCUT2D eigenvalue weighted by Gasteiger charge is 2.38. The van der Waals surface area contributed by atoms with Crippen LogP contribution >= 0.6 is 0 Å². The third-order valence-corrected chi connectivity index (χ3v) is 6.92. The first-order valence-corrected chi connectivity index (χ1v) is 12.3. The molecule has 0 bridgehead atoms. The standard InChI is InChI=1S/C30H26F3N3O3/c1-19(21-8-4-3-5-9-21)27-17-35(29(38)26-15-22-14-24(39-2)11-12-25(22)34-26)18-28(37)36(27)16-20-7-6-10-23(13-20)30(31,32)33/h3-15,27,34H,1,16-18H2,2H3/t27-/m1/s1. The Labute approximate surface area is 223 Å². The molecule has 1 aliphatic rings. The molecule has 1 aromatic heterocycles. The van der Waals surface area contributed by atoms with E-state index in [1.54, 1.807) is 31.4 Å². The number of H-pyrrole nitrogens is 1. The lowest BCUT2D eigenvalue weighted by atomic mass is 9.95. The van der Waals surface area contributed by atoms with Crippen LogP contribution in [-0.4, -0.2) is 52.8 Å². The van der Waals surface area contributed by atoms with Gasteiger partial charge in [-0.25, -0.2) is 0 Å². The summed E-state index contributed by atoms with van der Waals surface area (Å²) in [4.78, 5) is 33.1.